The summed E-state index contributed by atoms with van der Waals surface area (Å²) in [5.74, 6) is -0.883. The van der Waals surface area contributed by atoms with Crippen LogP contribution in [0.3, 0.4) is 0 Å². The quantitative estimate of drug-likeness (QED) is 0.177. The second-order valence-corrected chi connectivity index (χ2v) is 10.5. The van der Waals surface area contributed by atoms with Crippen LogP contribution in [0.1, 0.15) is 63.5 Å². The van der Waals surface area contributed by atoms with Gasteiger partial charge in [-0.15, -0.1) is 0 Å². The molecule has 0 amide bonds. The Balaban J connectivity index is 1.62. The first-order valence-electron chi connectivity index (χ1n) is 13.0. The topological polar surface area (TPSA) is 127 Å². The van der Waals surface area contributed by atoms with E-state index in [-0.39, 0.29) is 70.5 Å². The Labute approximate surface area is 236 Å². The molecule has 1 atom stereocenters. The van der Waals surface area contributed by atoms with Gasteiger partial charge in [0.15, 0.2) is 5.78 Å². The minimum Gasteiger partial charge on any atom is -0.508 e. The summed E-state index contributed by atoms with van der Waals surface area (Å²) in [6.45, 7) is 1.88. The molecule has 40 heavy (non-hydrogen) atoms. The number of Topliss-reactive ketones (excluding diaryl/α,β-unsaturated/α-hetero) is 1. The van der Waals surface area contributed by atoms with Crippen molar-refractivity contribution in [3.8, 4) is 34.5 Å². The molecule has 0 aromatic heterocycles. The molecule has 1 unspecified atom stereocenters. The predicted octanol–water partition coefficient (Wildman–Crippen LogP) is 6.38. The molecular weight excluding hydrogens is 532 g/mol. The summed E-state index contributed by atoms with van der Waals surface area (Å²) in [5, 5.41) is 54.4. The van der Waals surface area contributed by atoms with Crippen molar-refractivity contribution in [1.82, 2.24) is 0 Å². The van der Waals surface area contributed by atoms with Crippen LogP contribution in [-0.2, 0) is 19.3 Å². The molecule has 8 heteroatoms. The van der Waals surface area contributed by atoms with Crippen LogP contribution in [0, 0.1) is 0 Å². The lowest BCUT2D eigenvalue weighted by molar-refractivity contribution is 0.0837. The average molecular weight is 561 g/mol. The number of halogens is 1. The van der Waals surface area contributed by atoms with Crippen molar-refractivity contribution >= 4 is 17.4 Å². The summed E-state index contributed by atoms with van der Waals surface area (Å²) in [4.78, 5) is 13.2. The Morgan fingerprint density at radius 1 is 0.775 bits per heavy atom. The van der Waals surface area contributed by atoms with Crippen LogP contribution in [0.25, 0.3) is 0 Å². The van der Waals surface area contributed by atoms with Crippen molar-refractivity contribution in [2.24, 2.45) is 0 Å². The van der Waals surface area contributed by atoms with Crippen LogP contribution in [0.15, 0.2) is 60.7 Å². The van der Waals surface area contributed by atoms with E-state index in [9.17, 15) is 30.3 Å². The number of ether oxygens (including phenoxy) is 1. The van der Waals surface area contributed by atoms with E-state index in [1.54, 1.807) is 30.3 Å². The van der Waals surface area contributed by atoms with Gasteiger partial charge in [0, 0.05) is 41.8 Å². The molecule has 5 N–H and O–H groups in total. The number of benzene rings is 4. The zero-order valence-electron chi connectivity index (χ0n) is 21.8. The number of hydrogen-bond acceptors (Lipinski definition) is 7. The zero-order chi connectivity index (χ0) is 28.6. The molecule has 1 aliphatic heterocycles. The first-order chi connectivity index (χ1) is 19.2. The number of phenolic OH excluding ortho intramolecular Hbond substituents is 5. The maximum atomic E-state index is 13.2. The molecule has 0 radical (unpaired) electrons. The van der Waals surface area contributed by atoms with Gasteiger partial charge in [-0.3, -0.25) is 4.79 Å². The van der Waals surface area contributed by atoms with Gasteiger partial charge in [0.1, 0.15) is 46.2 Å². The summed E-state index contributed by atoms with van der Waals surface area (Å²) >= 11 is 6.12. The maximum absolute atomic E-state index is 13.2. The van der Waals surface area contributed by atoms with Crippen LogP contribution in [0.5, 0.6) is 34.5 Å². The molecule has 5 rings (SSSR count). The van der Waals surface area contributed by atoms with E-state index in [0.29, 0.717) is 34.6 Å². The number of ketones is 1. The van der Waals surface area contributed by atoms with Crippen LogP contribution in [0.4, 0.5) is 0 Å². The standard InChI is InChI=1S/C32H29ClO7/c1-2-22-16-28(37)29-31(39)23(14-20-13-21(33)8-10-27(20)36)30(38)24(32(29)40-22)15-19-12-17(7-9-26(19)35)11-18-5-3-4-6-25(18)34/h3-10,12-13,22,34-36,38-39H,2,11,14-16H2,1H3. The summed E-state index contributed by atoms with van der Waals surface area (Å²) in [6.07, 6.45) is 0.490. The maximum Gasteiger partial charge on any atom is 0.174 e. The fourth-order valence-corrected chi connectivity index (χ4v) is 5.32. The molecule has 0 saturated heterocycles. The van der Waals surface area contributed by atoms with Crippen LogP contribution in [-0.4, -0.2) is 37.4 Å². The minimum atomic E-state index is -0.429. The van der Waals surface area contributed by atoms with Gasteiger partial charge in [0.25, 0.3) is 0 Å². The van der Waals surface area contributed by atoms with Gasteiger partial charge in [-0.25, -0.2) is 0 Å². The monoisotopic (exact) mass is 560 g/mol. The van der Waals surface area contributed by atoms with Gasteiger partial charge in [-0.05, 0) is 59.0 Å². The third kappa shape index (κ3) is 5.25. The normalized spacial score (nSPS) is 14.6. The molecule has 1 heterocycles. The molecule has 1 aliphatic rings. The van der Waals surface area contributed by atoms with Gasteiger partial charge in [-0.1, -0.05) is 48.9 Å². The Morgan fingerprint density at radius 2 is 1.43 bits per heavy atom. The SMILES string of the molecule is CCC1CC(=O)c2c(O)c(Cc3cc(Cl)ccc3O)c(O)c(Cc3cc(Cc4ccccc4O)ccc3O)c2O1. The molecule has 0 fully saturated rings. The molecule has 4 aromatic carbocycles. The van der Waals surface area contributed by atoms with Gasteiger partial charge in [0.05, 0.1) is 0 Å². The third-order valence-corrected chi connectivity index (χ3v) is 7.57. The number of rotatable bonds is 7. The minimum absolute atomic E-state index is 0.00681. The first kappa shape index (κ1) is 27.2. The lowest BCUT2D eigenvalue weighted by atomic mass is 9.87. The van der Waals surface area contributed by atoms with E-state index in [1.807, 2.05) is 19.1 Å². The molecule has 0 bridgehead atoms. The highest BCUT2D eigenvalue weighted by molar-refractivity contribution is 6.30. The van der Waals surface area contributed by atoms with Gasteiger partial charge >= 0.3 is 0 Å². The van der Waals surface area contributed by atoms with Crippen molar-refractivity contribution in [3.63, 3.8) is 0 Å². The highest BCUT2D eigenvalue weighted by Gasteiger charge is 2.35. The van der Waals surface area contributed by atoms with Gasteiger partial charge in [-0.2, -0.15) is 0 Å². The summed E-state index contributed by atoms with van der Waals surface area (Å²) in [6, 6.07) is 16.5. The lowest BCUT2D eigenvalue weighted by Crippen LogP contribution is -2.27. The largest absolute Gasteiger partial charge is 0.508 e. The molecule has 0 spiro atoms. The number of aromatic hydroxyl groups is 5. The van der Waals surface area contributed by atoms with Gasteiger partial charge < -0.3 is 30.3 Å². The van der Waals surface area contributed by atoms with Crippen molar-refractivity contribution in [2.75, 3.05) is 0 Å². The van der Waals surface area contributed by atoms with E-state index in [1.165, 1.54) is 18.2 Å². The second kappa shape index (κ2) is 11.0. The fraction of sp³-hybridized carbons (Fsp3) is 0.219. The summed E-state index contributed by atoms with van der Waals surface area (Å²) in [7, 11) is 0. The van der Waals surface area contributed by atoms with E-state index < -0.39 is 11.9 Å². The predicted molar refractivity (Wildman–Crippen MR) is 151 cm³/mol. The van der Waals surface area contributed by atoms with Gasteiger partial charge in [0.2, 0.25) is 0 Å². The fourth-order valence-electron chi connectivity index (χ4n) is 5.12. The molecule has 7 nitrogen and oxygen atoms in total. The average Bonchev–Trinajstić information content (AvgIpc) is 2.93. The number of para-hydroxylation sites is 1. The summed E-state index contributed by atoms with van der Waals surface area (Å²) in [5.41, 5.74) is 2.60. The molecule has 4 aromatic rings. The number of phenols is 5. The molecule has 0 aliphatic carbocycles. The van der Waals surface area contributed by atoms with E-state index >= 15 is 0 Å². The second-order valence-electron chi connectivity index (χ2n) is 10.0. The number of carbonyl (C=O) groups is 1. The zero-order valence-corrected chi connectivity index (χ0v) is 22.6. The Bertz CT molecular complexity index is 1610. The Hall–Kier alpha value is -4.36. The molecule has 206 valence electrons. The van der Waals surface area contributed by atoms with Crippen LogP contribution >= 0.6 is 11.6 Å². The lowest BCUT2D eigenvalue weighted by Gasteiger charge is -2.29. The van der Waals surface area contributed by atoms with Crippen LogP contribution < -0.4 is 4.74 Å². The van der Waals surface area contributed by atoms with Crippen molar-refractivity contribution in [1.29, 1.82) is 0 Å². The Kier molecular flexibility index (Phi) is 7.50. The third-order valence-electron chi connectivity index (χ3n) is 7.33. The summed E-state index contributed by atoms with van der Waals surface area (Å²) < 4.78 is 6.12. The number of hydrogen-bond donors (Lipinski definition) is 5. The smallest absolute Gasteiger partial charge is 0.174 e. The number of carbonyl (C=O) groups excluding carboxylic acids is 1. The van der Waals surface area contributed by atoms with Crippen LogP contribution in [0.2, 0.25) is 5.02 Å². The highest BCUT2D eigenvalue weighted by Crippen LogP contribution is 2.48. The Morgan fingerprint density at radius 3 is 2.15 bits per heavy atom. The number of fused-ring (bicyclic) bond motifs is 1. The molecular formula is C32H29ClO7. The van der Waals surface area contributed by atoms with Crippen molar-refractivity contribution in [3.05, 3.63) is 105 Å². The van der Waals surface area contributed by atoms with E-state index in [0.717, 1.165) is 5.56 Å². The van der Waals surface area contributed by atoms with E-state index in [2.05, 4.69) is 0 Å². The van der Waals surface area contributed by atoms with Crippen molar-refractivity contribution < 1.29 is 35.1 Å². The highest BCUT2D eigenvalue weighted by atomic mass is 35.5. The van der Waals surface area contributed by atoms with E-state index in [4.69, 9.17) is 16.3 Å². The van der Waals surface area contributed by atoms with Crippen molar-refractivity contribution in [2.45, 2.75) is 45.1 Å². The first-order valence-corrected chi connectivity index (χ1v) is 13.4. The molecule has 0 saturated carbocycles.